The van der Waals surface area contributed by atoms with Gasteiger partial charge in [-0.1, -0.05) is 5.16 Å². The molecule has 7 nitrogen and oxygen atoms in total. The molecule has 1 unspecified atom stereocenters. The van der Waals surface area contributed by atoms with E-state index in [0.29, 0.717) is 24.7 Å². The van der Waals surface area contributed by atoms with Crippen LogP contribution in [0.4, 0.5) is 0 Å². The monoisotopic (exact) mass is 291 g/mol. The second-order valence-corrected chi connectivity index (χ2v) is 5.87. The standard InChI is InChI=1S/C14H21N5O2/c1-11-17-13(21-18-11)7-14(20)4-2-5-19(10-14)6-3-12-8-15-16-9-12/h8-9,20H,2-7,10H2,1H3,(H,15,16). The summed E-state index contributed by atoms with van der Waals surface area (Å²) in [5.41, 5.74) is 0.421. The fraction of sp³-hybridized carbons (Fsp3) is 0.643. The van der Waals surface area contributed by atoms with E-state index in [1.165, 1.54) is 5.56 Å². The number of nitrogens with zero attached hydrogens (tertiary/aromatic N) is 4. The predicted octanol–water partition coefficient (Wildman–Crippen LogP) is 0.713. The summed E-state index contributed by atoms with van der Waals surface area (Å²) in [5.74, 6) is 1.13. The molecule has 7 heteroatoms. The summed E-state index contributed by atoms with van der Waals surface area (Å²) in [7, 11) is 0. The zero-order valence-electron chi connectivity index (χ0n) is 12.2. The third-order valence-corrected chi connectivity index (χ3v) is 3.96. The van der Waals surface area contributed by atoms with Crippen molar-refractivity contribution in [3.8, 4) is 0 Å². The Morgan fingerprint density at radius 1 is 1.52 bits per heavy atom. The van der Waals surface area contributed by atoms with Gasteiger partial charge in [0.05, 0.1) is 18.2 Å². The molecule has 0 amide bonds. The minimum atomic E-state index is -0.770. The maximum absolute atomic E-state index is 10.8. The van der Waals surface area contributed by atoms with Crippen LogP contribution in [0.15, 0.2) is 16.9 Å². The molecule has 3 heterocycles. The number of piperidine rings is 1. The van der Waals surface area contributed by atoms with Gasteiger partial charge in [0.15, 0.2) is 5.82 Å². The van der Waals surface area contributed by atoms with Gasteiger partial charge < -0.3 is 14.5 Å². The topological polar surface area (TPSA) is 91.1 Å². The number of aromatic nitrogens is 4. The third-order valence-electron chi connectivity index (χ3n) is 3.96. The number of H-pyrrole nitrogens is 1. The second-order valence-electron chi connectivity index (χ2n) is 5.87. The molecule has 1 aliphatic rings. The van der Waals surface area contributed by atoms with Crippen molar-refractivity contribution >= 4 is 0 Å². The number of hydrogen-bond donors (Lipinski definition) is 2. The van der Waals surface area contributed by atoms with E-state index in [9.17, 15) is 5.11 Å². The molecule has 0 aliphatic carbocycles. The molecule has 1 atom stereocenters. The van der Waals surface area contributed by atoms with Gasteiger partial charge in [0.2, 0.25) is 5.89 Å². The van der Waals surface area contributed by atoms with Crippen LogP contribution in [0.5, 0.6) is 0 Å². The van der Waals surface area contributed by atoms with Crippen LogP contribution in [0, 0.1) is 6.92 Å². The summed E-state index contributed by atoms with van der Waals surface area (Å²) >= 11 is 0. The Labute approximate surface area is 123 Å². The van der Waals surface area contributed by atoms with Crippen LogP contribution in [0.1, 0.15) is 30.1 Å². The molecular formula is C14H21N5O2. The molecule has 0 spiro atoms. The SMILES string of the molecule is Cc1noc(CC2(O)CCCN(CCc3cn[nH]c3)C2)n1. The van der Waals surface area contributed by atoms with Crippen LogP contribution in [0.25, 0.3) is 0 Å². The number of aryl methyl sites for hydroxylation is 1. The van der Waals surface area contributed by atoms with Crippen molar-refractivity contribution in [2.45, 2.75) is 38.2 Å². The lowest BCUT2D eigenvalue weighted by Crippen LogP contribution is -2.50. The summed E-state index contributed by atoms with van der Waals surface area (Å²) in [6, 6.07) is 0. The quantitative estimate of drug-likeness (QED) is 0.843. The minimum Gasteiger partial charge on any atom is -0.388 e. The Kier molecular flexibility index (Phi) is 4.03. The lowest BCUT2D eigenvalue weighted by atomic mass is 9.89. The summed E-state index contributed by atoms with van der Waals surface area (Å²) in [6.07, 6.45) is 6.88. The van der Waals surface area contributed by atoms with Crippen LogP contribution in [-0.4, -0.2) is 55.6 Å². The highest BCUT2D eigenvalue weighted by Crippen LogP contribution is 2.25. The summed E-state index contributed by atoms with van der Waals surface area (Å²) in [5, 5.41) is 21.3. The van der Waals surface area contributed by atoms with Crippen molar-refractivity contribution in [1.82, 2.24) is 25.2 Å². The molecule has 21 heavy (non-hydrogen) atoms. The Morgan fingerprint density at radius 3 is 3.14 bits per heavy atom. The molecule has 1 aliphatic heterocycles. The van der Waals surface area contributed by atoms with Crippen LogP contribution < -0.4 is 0 Å². The number of rotatable bonds is 5. The first kappa shape index (κ1) is 14.2. The van der Waals surface area contributed by atoms with Gasteiger partial charge in [-0.15, -0.1) is 0 Å². The molecule has 2 N–H and O–H groups in total. The molecule has 3 rings (SSSR count). The molecular weight excluding hydrogens is 270 g/mol. The summed E-state index contributed by atoms with van der Waals surface area (Å²) in [6.45, 7) is 4.37. The van der Waals surface area contributed by atoms with Crippen LogP contribution in [0.3, 0.4) is 0 Å². The van der Waals surface area contributed by atoms with E-state index < -0.39 is 5.60 Å². The Bertz CT molecular complexity index is 568. The van der Waals surface area contributed by atoms with Crippen molar-refractivity contribution < 1.29 is 9.63 Å². The van der Waals surface area contributed by atoms with Gasteiger partial charge in [0.1, 0.15) is 0 Å². The van der Waals surface area contributed by atoms with E-state index in [-0.39, 0.29) is 0 Å². The molecule has 1 fully saturated rings. The molecule has 2 aromatic rings. The smallest absolute Gasteiger partial charge is 0.229 e. The first-order chi connectivity index (χ1) is 10.1. The Balaban J connectivity index is 1.56. The van der Waals surface area contributed by atoms with Crippen molar-refractivity contribution in [2.75, 3.05) is 19.6 Å². The Morgan fingerprint density at radius 2 is 2.43 bits per heavy atom. The third kappa shape index (κ3) is 3.68. The second kappa shape index (κ2) is 5.95. The molecule has 0 radical (unpaired) electrons. The fourth-order valence-corrected chi connectivity index (χ4v) is 2.94. The zero-order chi connectivity index (χ0) is 14.7. The van der Waals surface area contributed by atoms with Crippen LogP contribution in [0.2, 0.25) is 0 Å². The maximum Gasteiger partial charge on any atom is 0.229 e. The van der Waals surface area contributed by atoms with Gasteiger partial charge in [-0.25, -0.2) is 0 Å². The van der Waals surface area contributed by atoms with E-state index in [4.69, 9.17) is 4.52 Å². The van der Waals surface area contributed by atoms with Crippen molar-refractivity contribution in [2.24, 2.45) is 0 Å². The number of aliphatic hydroxyl groups is 1. The summed E-state index contributed by atoms with van der Waals surface area (Å²) in [4.78, 5) is 6.48. The Hall–Kier alpha value is -1.73. The van der Waals surface area contributed by atoms with Gasteiger partial charge >= 0.3 is 0 Å². The highest BCUT2D eigenvalue weighted by atomic mass is 16.5. The largest absolute Gasteiger partial charge is 0.388 e. The lowest BCUT2D eigenvalue weighted by Gasteiger charge is -2.38. The normalized spacial score (nSPS) is 23.5. The lowest BCUT2D eigenvalue weighted by molar-refractivity contribution is -0.0345. The number of likely N-dealkylation sites (tertiary alicyclic amines) is 1. The van der Waals surface area contributed by atoms with Gasteiger partial charge in [0, 0.05) is 19.3 Å². The molecule has 114 valence electrons. The van der Waals surface area contributed by atoms with Gasteiger partial charge in [-0.2, -0.15) is 10.1 Å². The number of nitrogens with one attached hydrogen (secondary N) is 1. The van der Waals surface area contributed by atoms with E-state index in [2.05, 4.69) is 25.2 Å². The van der Waals surface area contributed by atoms with Crippen LogP contribution in [-0.2, 0) is 12.8 Å². The fourth-order valence-electron chi connectivity index (χ4n) is 2.94. The molecule has 1 saturated heterocycles. The van der Waals surface area contributed by atoms with Crippen molar-refractivity contribution in [3.63, 3.8) is 0 Å². The number of aromatic amines is 1. The number of hydrogen-bond acceptors (Lipinski definition) is 6. The molecule has 0 aromatic carbocycles. The summed E-state index contributed by atoms with van der Waals surface area (Å²) < 4.78 is 5.13. The van der Waals surface area contributed by atoms with Gasteiger partial charge in [-0.05, 0) is 38.3 Å². The first-order valence-electron chi connectivity index (χ1n) is 7.35. The minimum absolute atomic E-state index is 0.427. The van der Waals surface area contributed by atoms with E-state index >= 15 is 0 Å². The average Bonchev–Trinajstić information content (AvgIpc) is 3.08. The highest BCUT2D eigenvalue weighted by molar-refractivity contribution is 5.03. The number of β-amino-alcohol motifs (C(OH)–C–C–N with tert-alkyl or cyclic N) is 1. The molecule has 2 aromatic heterocycles. The highest BCUT2D eigenvalue weighted by Gasteiger charge is 2.35. The molecule has 0 saturated carbocycles. The van der Waals surface area contributed by atoms with E-state index in [1.807, 2.05) is 12.4 Å². The van der Waals surface area contributed by atoms with Gasteiger partial charge in [-0.3, -0.25) is 5.10 Å². The van der Waals surface area contributed by atoms with Crippen LogP contribution >= 0.6 is 0 Å². The van der Waals surface area contributed by atoms with Gasteiger partial charge in [0.25, 0.3) is 0 Å². The van der Waals surface area contributed by atoms with Crippen molar-refractivity contribution in [1.29, 1.82) is 0 Å². The predicted molar refractivity (Wildman–Crippen MR) is 75.7 cm³/mol. The molecule has 0 bridgehead atoms. The van der Waals surface area contributed by atoms with E-state index in [0.717, 1.165) is 32.4 Å². The zero-order valence-corrected chi connectivity index (χ0v) is 12.2. The van der Waals surface area contributed by atoms with E-state index in [1.54, 1.807) is 6.92 Å². The van der Waals surface area contributed by atoms with Crippen molar-refractivity contribution in [3.05, 3.63) is 29.7 Å². The first-order valence-corrected chi connectivity index (χ1v) is 7.35. The maximum atomic E-state index is 10.8. The average molecular weight is 291 g/mol.